The first-order chi connectivity index (χ1) is 15.6. The van der Waals surface area contributed by atoms with Gasteiger partial charge in [0.25, 0.3) is 0 Å². The smallest absolute Gasteiger partial charge is 0.407 e. The molecule has 3 unspecified atom stereocenters. The molecule has 3 amide bonds. The number of hydrogen-bond acceptors (Lipinski definition) is 7. The molecule has 11 heteroatoms. The second kappa shape index (κ2) is 12.2. The Bertz CT molecular complexity index is 896. The third-order valence-corrected chi connectivity index (χ3v) is 4.75. The first kappa shape index (κ1) is 28.7. The van der Waals surface area contributed by atoms with Gasteiger partial charge < -0.3 is 36.6 Å². The number of carboxylic acid groups (broad SMARTS) is 1. The SMILES string of the molecule is CC(N)C(=O)NC(C)C(=O)Nc1cc(C[C@@H](CC(C)C(=O)O)NC(=O)OC(C)(C)C)ccc1O. The molecule has 0 spiro atoms. The molecule has 0 heterocycles. The van der Waals surface area contributed by atoms with E-state index < -0.39 is 53.5 Å². The average molecular weight is 481 g/mol. The van der Waals surface area contributed by atoms with Crippen molar-refractivity contribution in [3.8, 4) is 5.75 Å². The molecule has 0 fully saturated rings. The van der Waals surface area contributed by atoms with E-state index in [1.54, 1.807) is 26.8 Å². The third kappa shape index (κ3) is 10.1. The van der Waals surface area contributed by atoms with Crippen LogP contribution in [-0.2, 0) is 25.5 Å². The summed E-state index contributed by atoms with van der Waals surface area (Å²) in [6.07, 6.45) is -0.324. The van der Waals surface area contributed by atoms with Gasteiger partial charge in [-0.25, -0.2) is 4.79 Å². The van der Waals surface area contributed by atoms with Crippen LogP contribution in [0, 0.1) is 5.92 Å². The quantitative estimate of drug-likeness (QED) is 0.274. The van der Waals surface area contributed by atoms with Gasteiger partial charge in [-0.2, -0.15) is 0 Å². The van der Waals surface area contributed by atoms with Crippen molar-refractivity contribution in [3.63, 3.8) is 0 Å². The molecule has 0 aromatic heterocycles. The summed E-state index contributed by atoms with van der Waals surface area (Å²) in [6, 6.07) is 2.22. The van der Waals surface area contributed by atoms with Crippen LogP contribution in [0.4, 0.5) is 10.5 Å². The molecule has 0 bridgehead atoms. The van der Waals surface area contributed by atoms with Gasteiger partial charge >= 0.3 is 12.1 Å². The highest BCUT2D eigenvalue weighted by atomic mass is 16.6. The molecule has 1 aromatic carbocycles. The summed E-state index contributed by atoms with van der Waals surface area (Å²) in [6.45, 7) is 9.65. The molecule has 4 atom stereocenters. The molecule has 0 aliphatic rings. The summed E-state index contributed by atoms with van der Waals surface area (Å²) in [5, 5.41) is 27.2. The van der Waals surface area contributed by atoms with Crippen LogP contribution in [0.3, 0.4) is 0 Å². The van der Waals surface area contributed by atoms with E-state index in [4.69, 9.17) is 10.5 Å². The van der Waals surface area contributed by atoms with Gasteiger partial charge in [0.2, 0.25) is 11.8 Å². The minimum atomic E-state index is -1.00. The fourth-order valence-electron chi connectivity index (χ4n) is 2.94. The number of benzene rings is 1. The molecule has 0 saturated heterocycles. The van der Waals surface area contributed by atoms with Gasteiger partial charge in [0.05, 0.1) is 17.6 Å². The Morgan fingerprint density at radius 3 is 2.21 bits per heavy atom. The topological polar surface area (TPSA) is 180 Å². The van der Waals surface area contributed by atoms with Gasteiger partial charge in [-0.3, -0.25) is 14.4 Å². The minimum absolute atomic E-state index is 0.103. The zero-order valence-electron chi connectivity index (χ0n) is 20.5. The largest absolute Gasteiger partial charge is 0.506 e. The number of rotatable bonds is 10. The highest BCUT2D eigenvalue weighted by Crippen LogP contribution is 2.26. The molecule has 11 nitrogen and oxygen atoms in total. The Balaban J connectivity index is 3.00. The van der Waals surface area contributed by atoms with Gasteiger partial charge in [0, 0.05) is 6.04 Å². The van der Waals surface area contributed by atoms with Crippen molar-refractivity contribution in [2.75, 3.05) is 5.32 Å². The molecule has 1 rings (SSSR count). The average Bonchev–Trinajstić information content (AvgIpc) is 2.68. The van der Waals surface area contributed by atoms with Crippen molar-refractivity contribution >= 4 is 29.6 Å². The predicted molar refractivity (Wildman–Crippen MR) is 126 cm³/mol. The molecule has 1 aromatic rings. The molecule has 0 aliphatic heterocycles. The van der Waals surface area contributed by atoms with Crippen molar-refractivity contribution in [1.82, 2.24) is 10.6 Å². The van der Waals surface area contributed by atoms with Crippen molar-refractivity contribution in [1.29, 1.82) is 0 Å². The van der Waals surface area contributed by atoms with E-state index >= 15 is 0 Å². The van der Waals surface area contributed by atoms with Gasteiger partial charge in [0.15, 0.2) is 0 Å². The predicted octanol–water partition coefficient (Wildman–Crippen LogP) is 1.73. The molecule has 0 radical (unpaired) electrons. The summed E-state index contributed by atoms with van der Waals surface area (Å²) >= 11 is 0. The van der Waals surface area contributed by atoms with E-state index in [2.05, 4.69) is 16.0 Å². The van der Waals surface area contributed by atoms with Crippen LogP contribution < -0.4 is 21.7 Å². The highest BCUT2D eigenvalue weighted by molar-refractivity contribution is 5.98. The Morgan fingerprint density at radius 2 is 1.68 bits per heavy atom. The van der Waals surface area contributed by atoms with Crippen LogP contribution in [0.15, 0.2) is 18.2 Å². The number of carboxylic acids is 1. The van der Waals surface area contributed by atoms with E-state index in [0.717, 1.165) is 0 Å². The number of aromatic hydroxyl groups is 1. The van der Waals surface area contributed by atoms with Crippen LogP contribution in [-0.4, -0.2) is 57.8 Å². The molecular formula is C23H36N4O7. The number of aliphatic carboxylic acids is 1. The number of phenols is 1. The van der Waals surface area contributed by atoms with Crippen LogP contribution in [0.1, 0.15) is 53.5 Å². The second-order valence-corrected chi connectivity index (χ2v) is 9.38. The Labute approximate surface area is 199 Å². The van der Waals surface area contributed by atoms with Gasteiger partial charge in [0.1, 0.15) is 17.4 Å². The molecule has 0 saturated carbocycles. The molecule has 7 N–H and O–H groups in total. The Kier molecular flexibility index (Phi) is 10.3. The Morgan fingerprint density at radius 1 is 1.06 bits per heavy atom. The summed E-state index contributed by atoms with van der Waals surface area (Å²) in [4.78, 5) is 47.8. The maximum Gasteiger partial charge on any atom is 0.407 e. The van der Waals surface area contributed by atoms with Crippen molar-refractivity contribution in [2.24, 2.45) is 11.7 Å². The fraction of sp³-hybridized carbons (Fsp3) is 0.565. The van der Waals surface area contributed by atoms with Crippen molar-refractivity contribution in [2.45, 2.75) is 78.1 Å². The van der Waals surface area contributed by atoms with Gasteiger partial charge in [-0.1, -0.05) is 13.0 Å². The number of phenolic OH excluding ortho intramolecular Hbond substituents is 1. The van der Waals surface area contributed by atoms with Crippen LogP contribution in [0.2, 0.25) is 0 Å². The van der Waals surface area contributed by atoms with Crippen LogP contribution >= 0.6 is 0 Å². The standard InChI is InChI=1S/C23H36N4O7/c1-12(21(31)32)9-16(26-22(33)34-23(4,5)6)10-15-7-8-18(28)17(11-15)27-20(30)14(3)25-19(29)13(2)24/h7-8,11-14,16,28H,9-10,24H2,1-6H3,(H,25,29)(H,26,33)(H,27,30)(H,31,32)/t12?,13?,14?,16-/m1/s1. The van der Waals surface area contributed by atoms with Gasteiger partial charge in [-0.05, 0) is 65.2 Å². The number of amides is 3. The number of carbonyl (C=O) groups excluding carboxylic acids is 3. The van der Waals surface area contributed by atoms with Gasteiger partial charge in [-0.15, -0.1) is 0 Å². The van der Waals surface area contributed by atoms with Crippen LogP contribution in [0.25, 0.3) is 0 Å². The maximum absolute atomic E-state index is 12.4. The number of ether oxygens (including phenoxy) is 1. The van der Waals surface area contributed by atoms with Crippen molar-refractivity contribution in [3.05, 3.63) is 23.8 Å². The highest BCUT2D eigenvalue weighted by Gasteiger charge is 2.24. The summed E-state index contributed by atoms with van der Waals surface area (Å²) < 4.78 is 5.28. The molecule has 0 aliphatic carbocycles. The summed E-state index contributed by atoms with van der Waals surface area (Å²) in [5.74, 6) is -2.99. The van der Waals surface area contributed by atoms with E-state index in [-0.39, 0.29) is 24.3 Å². The first-order valence-corrected chi connectivity index (χ1v) is 11.0. The van der Waals surface area contributed by atoms with E-state index in [9.17, 15) is 29.4 Å². The normalized spacial score (nSPS) is 14.8. The third-order valence-electron chi connectivity index (χ3n) is 4.75. The number of anilines is 1. The number of nitrogens with one attached hydrogen (secondary N) is 3. The maximum atomic E-state index is 12.4. The fourth-order valence-corrected chi connectivity index (χ4v) is 2.94. The van der Waals surface area contributed by atoms with Crippen LogP contribution in [0.5, 0.6) is 5.75 Å². The number of carbonyl (C=O) groups is 4. The zero-order chi connectivity index (χ0) is 26.2. The molecular weight excluding hydrogens is 444 g/mol. The lowest BCUT2D eigenvalue weighted by atomic mass is 9.96. The Hall–Kier alpha value is -3.34. The van der Waals surface area contributed by atoms with E-state index in [1.165, 1.54) is 32.9 Å². The lowest BCUT2D eigenvalue weighted by Gasteiger charge is -2.25. The first-order valence-electron chi connectivity index (χ1n) is 11.0. The lowest BCUT2D eigenvalue weighted by Crippen LogP contribution is -2.47. The van der Waals surface area contributed by atoms with E-state index in [0.29, 0.717) is 5.56 Å². The van der Waals surface area contributed by atoms with Crippen molar-refractivity contribution < 1.29 is 34.1 Å². The zero-order valence-corrected chi connectivity index (χ0v) is 20.5. The molecule has 34 heavy (non-hydrogen) atoms. The summed E-state index contributed by atoms with van der Waals surface area (Å²) in [7, 11) is 0. The number of hydrogen-bond donors (Lipinski definition) is 6. The summed E-state index contributed by atoms with van der Waals surface area (Å²) in [5.41, 5.74) is 5.49. The lowest BCUT2D eigenvalue weighted by molar-refractivity contribution is -0.141. The molecule has 190 valence electrons. The van der Waals surface area contributed by atoms with E-state index in [1.807, 2.05) is 0 Å². The number of alkyl carbamates (subject to hydrolysis) is 1. The number of nitrogens with two attached hydrogens (primary N) is 1. The monoisotopic (exact) mass is 480 g/mol. The second-order valence-electron chi connectivity index (χ2n) is 9.38. The minimum Gasteiger partial charge on any atom is -0.506 e.